The number of carbonyl (C=O) groups excluding carboxylic acids is 2. The first-order valence-electron chi connectivity index (χ1n) is 11.4. The number of nitrogens with zero attached hydrogens (tertiary/aromatic N) is 1. The Morgan fingerprint density at radius 3 is 2.45 bits per heavy atom. The van der Waals surface area contributed by atoms with E-state index in [1.807, 2.05) is 41.1 Å². The summed E-state index contributed by atoms with van der Waals surface area (Å²) in [5, 5.41) is 2.04. The number of rotatable bonds is 6. The molecule has 0 saturated heterocycles. The number of para-hydroxylation sites is 1. The van der Waals surface area contributed by atoms with Crippen molar-refractivity contribution in [1.82, 2.24) is 4.72 Å². The predicted molar refractivity (Wildman–Crippen MR) is 141 cm³/mol. The molecule has 1 N–H and O–H groups in total. The monoisotopic (exact) mass is 552 g/mol. The van der Waals surface area contributed by atoms with E-state index < -0.39 is 33.3 Å². The van der Waals surface area contributed by atoms with Gasteiger partial charge in [-0.25, -0.2) is 13.1 Å². The number of hydrogen-bond donors (Lipinski definition) is 1. The van der Waals surface area contributed by atoms with Crippen molar-refractivity contribution < 1.29 is 26.8 Å². The van der Waals surface area contributed by atoms with Crippen LogP contribution in [0.4, 0.5) is 14.5 Å². The van der Waals surface area contributed by atoms with E-state index >= 15 is 0 Å². The summed E-state index contributed by atoms with van der Waals surface area (Å²) in [7, 11) is -4.21. The summed E-state index contributed by atoms with van der Waals surface area (Å²) in [5.74, 6) is -6.14. The van der Waals surface area contributed by atoms with Gasteiger partial charge >= 0.3 is 11.8 Å². The van der Waals surface area contributed by atoms with Crippen LogP contribution in [0.25, 0.3) is 16.8 Å². The molecule has 6 nitrogen and oxygen atoms in total. The van der Waals surface area contributed by atoms with Crippen molar-refractivity contribution in [3.8, 4) is 0 Å². The first kappa shape index (κ1) is 25.6. The van der Waals surface area contributed by atoms with Crippen LogP contribution in [-0.2, 0) is 32.1 Å². The van der Waals surface area contributed by atoms with E-state index in [1.165, 1.54) is 42.5 Å². The predicted octanol–water partition coefficient (Wildman–Crippen LogP) is 5.65. The van der Waals surface area contributed by atoms with Crippen LogP contribution in [0.5, 0.6) is 0 Å². The standard InChI is InChI=1S/C28H19ClF2N2O4S/c29-22-8-4-9-23(16-22)38(36,37)32-25(34)14-13-20-7-3-10-24-26(20)33(27(35)28(24,30)31)17-18-11-12-19-5-1-2-6-21(19)15-18/h1-16H,17H2,(H,32,34)/b14-13+. The van der Waals surface area contributed by atoms with Crippen LogP contribution in [0.2, 0.25) is 5.02 Å². The lowest BCUT2D eigenvalue weighted by Crippen LogP contribution is -2.34. The first-order chi connectivity index (χ1) is 18.1. The highest BCUT2D eigenvalue weighted by Crippen LogP contribution is 2.47. The van der Waals surface area contributed by atoms with Crippen molar-refractivity contribution >= 4 is 56.0 Å². The molecular formula is C28H19ClF2N2O4S. The second-order valence-corrected chi connectivity index (χ2v) is 10.8. The molecule has 0 aromatic heterocycles. The summed E-state index contributed by atoms with van der Waals surface area (Å²) < 4.78 is 56.8. The van der Waals surface area contributed by atoms with E-state index in [9.17, 15) is 26.8 Å². The lowest BCUT2D eigenvalue weighted by molar-refractivity contribution is -0.141. The smallest absolute Gasteiger partial charge is 0.301 e. The Morgan fingerprint density at radius 2 is 1.68 bits per heavy atom. The fraction of sp³-hybridized carbons (Fsp3) is 0.0714. The minimum absolute atomic E-state index is 0.0441. The number of alkyl halides is 2. The molecule has 38 heavy (non-hydrogen) atoms. The molecular weight excluding hydrogens is 534 g/mol. The maximum Gasteiger partial charge on any atom is 0.352 e. The third-order valence-electron chi connectivity index (χ3n) is 6.10. The summed E-state index contributed by atoms with van der Waals surface area (Å²) in [6, 6.07) is 22.3. The van der Waals surface area contributed by atoms with Gasteiger partial charge in [-0.05, 0) is 52.2 Å². The number of nitrogens with one attached hydrogen (secondary N) is 1. The van der Waals surface area contributed by atoms with Crippen molar-refractivity contribution in [1.29, 1.82) is 0 Å². The summed E-state index contributed by atoms with van der Waals surface area (Å²) in [4.78, 5) is 26.0. The van der Waals surface area contributed by atoms with Crippen LogP contribution in [-0.4, -0.2) is 20.2 Å². The zero-order chi connectivity index (χ0) is 27.1. The highest BCUT2D eigenvalue weighted by Gasteiger charge is 2.53. The molecule has 4 aromatic carbocycles. The average Bonchev–Trinajstić information content (AvgIpc) is 3.08. The SMILES string of the molecule is O=C(/C=C/c1cccc2c1N(Cc1ccc3ccccc3c1)C(=O)C2(F)F)NS(=O)(=O)c1cccc(Cl)c1. The molecule has 4 aromatic rings. The van der Waals surface area contributed by atoms with Gasteiger partial charge in [0.2, 0.25) is 0 Å². The number of halogens is 3. The number of hydrogen-bond acceptors (Lipinski definition) is 4. The number of carbonyl (C=O) groups is 2. The van der Waals surface area contributed by atoms with E-state index in [1.54, 1.807) is 6.07 Å². The van der Waals surface area contributed by atoms with Gasteiger partial charge in [0.05, 0.1) is 22.7 Å². The average molecular weight is 553 g/mol. The lowest BCUT2D eigenvalue weighted by atomic mass is 10.0. The molecule has 0 saturated carbocycles. The summed E-state index contributed by atoms with van der Waals surface area (Å²) in [6.45, 7) is -0.119. The van der Waals surface area contributed by atoms with Crippen molar-refractivity contribution in [2.45, 2.75) is 17.4 Å². The van der Waals surface area contributed by atoms with Crippen LogP contribution in [0.15, 0.2) is 95.9 Å². The molecule has 1 aliphatic heterocycles. The van der Waals surface area contributed by atoms with E-state index in [0.29, 0.717) is 5.56 Å². The molecule has 0 bridgehead atoms. The Morgan fingerprint density at radius 1 is 0.947 bits per heavy atom. The fourth-order valence-electron chi connectivity index (χ4n) is 4.33. The Bertz CT molecular complexity index is 1740. The molecule has 5 rings (SSSR count). The Balaban J connectivity index is 1.45. The molecule has 1 aliphatic rings. The van der Waals surface area contributed by atoms with Gasteiger partial charge < -0.3 is 4.90 Å². The van der Waals surface area contributed by atoms with Crippen LogP contribution >= 0.6 is 11.6 Å². The molecule has 2 amide bonds. The van der Waals surface area contributed by atoms with Gasteiger partial charge in [0.15, 0.2) is 0 Å². The van der Waals surface area contributed by atoms with Crippen molar-refractivity contribution in [3.05, 3.63) is 113 Å². The van der Waals surface area contributed by atoms with E-state index in [0.717, 1.165) is 27.8 Å². The molecule has 0 unspecified atom stereocenters. The van der Waals surface area contributed by atoms with Crippen LogP contribution in [0.3, 0.4) is 0 Å². The second-order valence-electron chi connectivity index (χ2n) is 8.65. The minimum Gasteiger partial charge on any atom is -0.301 e. The van der Waals surface area contributed by atoms with Crippen molar-refractivity contribution in [2.24, 2.45) is 0 Å². The normalized spacial score (nSPS) is 14.7. The maximum absolute atomic E-state index is 15.0. The van der Waals surface area contributed by atoms with Gasteiger partial charge in [0.25, 0.3) is 15.9 Å². The zero-order valence-corrected chi connectivity index (χ0v) is 21.1. The third-order valence-corrected chi connectivity index (χ3v) is 7.68. The van der Waals surface area contributed by atoms with E-state index in [-0.39, 0.29) is 27.7 Å². The molecule has 1 heterocycles. The molecule has 10 heteroatoms. The van der Waals surface area contributed by atoms with Crippen molar-refractivity contribution in [2.75, 3.05) is 4.90 Å². The first-order valence-corrected chi connectivity index (χ1v) is 13.2. The Labute approximate surface area is 222 Å². The number of amides is 2. The van der Waals surface area contributed by atoms with Crippen LogP contribution in [0.1, 0.15) is 16.7 Å². The van der Waals surface area contributed by atoms with Gasteiger partial charge in [-0.15, -0.1) is 0 Å². The van der Waals surface area contributed by atoms with Gasteiger partial charge in [-0.2, -0.15) is 8.78 Å². The van der Waals surface area contributed by atoms with Crippen molar-refractivity contribution in [3.63, 3.8) is 0 Å². The maximum atomic E-state index is 15.0. The van der Waals surface area contributed by atoms with Gasteiger partial charge in [0.1, 0.15) is 0 Å². The molecule has 192 valence electrons. The van der Waals surface area contributed by atoms with E-state index in [2.05, 4.69) is 0 Å². The highest BCUT2D eigenvalue weighted by molar-refractivity contribution is 7.90. The molecule has 0 aliphatic carbocycles. The second kappa shape index (κ2) is 9.66. The zero-order valence-electron chi connectivity index (χ0n) is 19.6. The topological polar surface area (TPSA) is 83.6 Å². The van der Waals surface area contributed by atoms with Gasteiger partial charge in [0, 0.05) is 11.1 Å². The largest absolute Gasteiger partial charge is 0.352 e. The molecule has 0 spiro atoms. The minimum atomic E-state index is -4.21. The van der Waals surface area contributed by atoms with Crippen LogP contribution < -0.4 is 9.62 Å². The fourth-order valence-corrected chi connectivity index (χ4v) is 5.58. The molecule has 0 atom stereocenters. The van der Waals surface area contributed by atoms with Gasteiger partial charge in [-0.1, -0.05) is 72.3 Å². The quantitative estimate of drug-likeness (QED) is 0.313. The third kappa shape index (κ3) is 4.78. The van der Waals surface area contributed by atoms with Crippen LogP contribution in [0, 0.1) is 0 Å². The number of anilines is 1. The highest BCUT2D eigenvalue weighted by atomic mass is 35.5. The number of fused-ring (bicyclic) bond motifs is 2. The van der Waals surface area contributed by atoms with E-state index in [4.69, 9.17) is 11.6 Å². The molecule has 0 fully saturated rings. The Hall–Kier alpha value is -4.08. The number of sulfonamides is 1. The lowest BCUT2D eigenvalue weighted by Gasteiger charge is -2.19. The summed E-state index contributed by atoms with van der Waals surface area (Å²) in [6.07, 6.45) is 2.11. The summed E-state index contributed by atoms with van der Waals surface area (Å²) >= 11 is 5.83. The molecule has 0 radical (unpaired) electrons. The number of benzene rings is 4. The van der Waals surface area contributed by atoms with Gasteiger partial charge in [-0.3, -0.25) is 9.59 Å². The summed E-state index contributed by atoms with van der Waals surface area (Å²) in [5.41, 5.74) is 0.267. The Kier molecular flexibility index (Phi) is 6.50.